The fourth-order valence-electron chi connectivity index (χ4n) is 1.96. The number of sulfonamides is 1. The lowest BCUT2D eigenvalue weighted by Crippen LogP contribution is -2.45. The zero-order valence-electron chi connectivity index (χ0n) is 15.1. The normalized spacial score (nSPS) is 12.6. The Kier molecular flexibility index (Phi) is 7.38. The Morgan fingerprint density at radius 1 is 1.28 bits per heavy atom. The summed E-state index contributed by atoms with van der Waals surface area (Å²) in [5, 5.41) is 5.23. The van der Waals surface area contributed by atoms with E-state index in [0.29, 0.717) is 6.54 Å². The first-order valence-electron chi connectivity index (χ1n) is 7.84. The Bertz CT molecular complexity index is 731. The van der Waals surface area contributed by atoms with Gasteiger partial charge in [-0.05, 0) is 31.5 Å². The smallest absolute Gasteiger partial charge is 0.251 e. The second-order valence-corrected chi connectivity index (χ2v) is 7.76. The molecule has 0 spiro atoms. The second kappa shape index (κ2) is 8.82. The molecule has 0 aliphatic rings. The predicted molar refractivity (Wildman–Crippen MR) is 94.1 cm³/mol. The molecule has 0 saturated carbocycles. The lowest BCUT2D eigenvalue weighted by molar-refractivity contribution is -0.122. The molecule has 2 N–H and O–H groups in total. The van der Waals surface area contributed by atoms with Crippen LogP contribution < -0.4 is 15.4 Å². The van der Waals surface area contributed by atoms with Crippen LogP contribution in [0.5, 0.6) is 5.75 Å². The summed E-state index contributed by atoms with van der Waals surface area (Å²) in [5.41, 5.74) is 0.122. The Balaban J connectivity index is 3.07. The number of carbonyl (C=O) groups is 2. The fourth-order valence-corrected chi connectivity index (χ4v) is 3.04. The third kappa shape index (κ3) is 5.17. The average molecular weight is 371 g/mol. The summed E-state index contributed by atoms with van der Waals surface area (Å²) in [7, 11) is 0.349. The van der Waals surface area contributed by atoms with Crippen molar-refractivity contribution in [2.24, 2.45) is 0 Å². The maximum absolute atomic E-state index is 12.4. The molecule has 0 aliphatic heterocycles. The zero-order chi connectivity index (χ0) is 19.2. The molecule has 0 unspecified atom stereocenters. The molecule has 0 radical (unpaired) electrons. The van der Waals surface area contributed by atoms with Gasteiger partial charge in [0.2, 0.25) is 15.9 Å². The maximum atomic E-state index is 12.4. The van der Waals surface area contributed by atoms with Crippen molar-refractivity contribution in [3.63, 3.8) is 0 Å². The summed E-state index contributed by atoms with van der Waals surface area (Å²) in [5.74, 6) is -0.708. The largest absolute Gasteiger partial charge is 0.495 e. The molecule has 1 aromatic carbocycles. The van der Waals surface area contributed by atoms with E-state index in [4.69, 9.17) is 4.74 Å². The molecule has 8 nitrogen and oxygen atoms in total. The van der Waals surface area contributed by atoms with Gasteiger partial charge in [-0.1, -0.05) is 6.92 Å². The third-order valence-corrected chi connectivity index (χ3v) is 5.31. The van der Waals surface area contributed by atoms with Crippen molar-refractivity contribution in [1.82, 2.24) is 14.9 Å². The van der Waals surface area contributed by atoms with Crippen LogP contribution in [-0.2, 0) is 14.8 Å². The predicted octanol–water partition coefficient (Wildman–Crippen LogP) is 0.590. The molecule has 25 heavy (non-hydrogen) atoms. The first-order chi connectivity index (χ1) is 11.6. The quantitative estimate of drug-likeness (QED) is 0.696. The Labute approximate surface area is 148 Å². The molecular weight excluding hydrogens is 346 g/mol. The summed E-state index contributed by atoms with van der Waals surface area (Å²) in [6.45, 7) is 4.00. The summed E-state index contributed by atoms with van der Waals surface area (Å²) in [4.78, 5) is 24.1. The molecule has 1 rings (SSSR count). The number of hydrogen-bond acceptors (Lipinski definition) is 5. The van der Waals surface area contributed by atoms with Crippen LogP contribution in [0.4, 0.5) is 0 Å². The first kappa shape index (κ1) is 20.9. The third-order valence-electron chi connectivity index (χ3n) is 3.47. The molecule has 1 atom stereocenters. The van der Waals surface area contributed by atoms with Crippen molar-refractivity contribution in [1.29, 1.82) is 0 Å². The van der Waals surface area contributed by atoms with Gasteiger partial charge in [0, 0.05) is 26.2 Å². The van der Waals surface area contributed by atoms with E-state index < -0.39 is 22.0 Å². The van der Waals surface area contributed by atoms with Crippen molar-refractivity contribution < 1.29 is 22.7 Å². The van der Waals surface area contributed by atoms with E-state index in [9.17, 15) is 18.0 Å². The topological polar surface area (TPSA) is 105 Å². The number of rotatable bonds is 8. The second-order valence-electron chi connectivity index (χ2n) is 5.64. The van der Waals surface area contributed by atoms with Crippen molar-refractivity contribution in [3.8, 4) is 5.75 Å². The van der Waals surface area contributed by atoms with Crippen molar-refractivity contribution in [2.75, 3.05) is 27.7 Å². The van der Waals surface area contributed by atoms with Gasteiger partial charge < -0.3 is 15.4 Å². The number of nitrogens with one attached hydrogen (secondary N) is 2. The molecule has 2 amide bonds. The van der Waals surface area contributed by atoms with Crippen LogP contribution in [0, 0.1) is 0 Å². The molecule has 0 aromatic heterocycles. The van der Waals surface area contributed by atoms with Crippen LogP contribution in [0.2, 0.25) is 0 Å². The highest BCUT2D eigenvalue weighted by Gasteiger charge is 2.24. The minimum absolute atomic E-state index is 0.115. The van der Waals surface area contributed by atoms with E-state index in [1.54, 1.807) is 6.92 Å². The van der Waals surface area contributed by atoms with E-state index in [2.05, 4.69) is 10.6 Å². The monoisotopic (exact) mass is 371 g/mol. The highest BCUT2D eigenvalue weighted by molar-refractivity contribution is 7.89. The average Bonchev–Trinajstić information content (AvgIpc) is 2.58. The van der Waals surface area contributed by atoms with Crippen LogP contribution >= 0.6 is 0 Å². The highest BCUT2D eigenvalue weighted by Crippen LogP contribution is 2.26. The van der Waals surface area contributed by atoms with Gasteiger partial charge >= 0.3 is 0 Å². The van der Waals surface area contributed by atoms with Crippen LogP contribution in [0.25, 0.3) is 0 Å². The van der Waals surface area contributed by atoms with Crippen molar-refractivity contribution >= 4 is 21.8 Å². The number of benzene rings is 1. The van der Waals surface area contributed by atoms with Gasteiger partial charge in [0.1, 0.15) is 16.7 Å². The zero-order valence-corrected chi connectivity index (χ0v) is 15.9. The number of ether oxygens (including phenoxy) is 1. The van der Waals surface area contributed by atoms with E-state index in [0.717, 1.165) is 10.7 Å². The molecule has 140 valence electrons. The molecule has 9 heteroatoms. The van der Waals surface area contributed by atoms with Crippen LogP contribution in [0.15, 0.2) is 23.1 Å². The molecule has 0 aliphatic carbocycles. The van der Waals surface area contributed by atoms with Gasteiger partial charge in [-0.15, -0.1) is 0 Å². The minimum Gasteiger partial charge on any atom is -0.495 e. The molecule has 1 aromatic rings. The van der Waals surface area contributed by atoms with E-state index in [1.807, 2.05) is 6.92 Å². The first-order valence-corrected chi connectivity index (χ1v) is 9.28. The highest BCUT2D eigenvalue weighted by atomic mass is 32.2. The molecule has 0 fully saturated rings. The Hall–Kier alpha value is -2.13. The number of carbonyl (C=O) groups excluding carboxylic acids is 2. The summed E-state index contributed by atoms with van der Waals surface area (Å²) >= 11 is 0. The minimum atomic E-state index is -3.78. The summed E-state index contributed by atoms with van der Waals surface area (Å²) < 4.78 is 30.9. The molecule has 0 saturated heterocycles. The SMILES string of the molecule is CCCNC(=O)[C@@H](C)NC(=O)c1ccc(OC)c(S(=O)(=O)N(C)C)c1. The lowest BCUT2D eigenvalue weighted by Gasteiger charge is -2.17. The number of methoxy groups -OCH3 is 1. The van der Waals surface area contributed by atoms with Gasteiger partial charge in [0.15, 0.2) is 0 Å². The van der Waals surface area contributed by atoms with E-state index in [-0.39, 0.29) is 22.1 Å². The Morgan fingerprint density at radius 2 is 1.92 bits per heavy atom. The van der Waals surface area contributed by atoms with Gasteiger partial charge in [-0.3, -0.25) is 9.59 Å². The van der Waals surface area contributed by atoms with Crippen LogP contribution in [0.3, 0.4) is 0 Å². The summed E-state index contributed by atoms with van der Waals surface area (Å²) in [6, 6.07) is 3.35. The van der Waals surface area contributed by atoms with Crippen molar-refractivity contribution in [2.45, 2.75) is 31.2 Å². The van der Waals surface area contributed by atoms with E-state index >= 15 is 0 Å². The lowest BCUT2D eigenvalue weighted by atomic mass is 10.2. The molecule has 0 heterocycles. The number of amides is 2. The number of nitrogens with zero attached hydrogens (tertiary/aromatic N) is 1. The van der Waals surface area contributed by atoms with Gasteiger partial charge in [0.25, 0.3) is 5.91 Å². The maximum Gasteiger partial charge on any atom is 0.251 e. The van der Waals surface area contributed by atoms with Gasteiger partial charge in [-0.2, -0.15) is 0 Å². The fraction of sp³-hybridized carbons (Fsp3) is 0.500. The van der Waals surface area contributed by atoms with Crippen LogP contribution in [0.1, 0.15) is 30.6 Å². The van der Waals surface area contributed by atoms with Crippen LogP contribution in [-0.4, -0.2) is 58.3 Å². The molecular formula is C16H25N3O5S. The van der Waals surface area contributed by atoms with Gasteiger partial charge in [0.05, 0.1) is 7.11 Å². The molecule has 0 bridgehead atoms. The van der Waals surface area contributed by atoms with Crippen molar-refractivity contribution in [3.05, 3.63) is 23.8 Å². The Morgan fingerprint density at radius 3 is 2.44 bits per heavy atom. The number of hydrogen-bond donors (Lipinski definition) is 2. The van der Waals surface area contributed by atoms with Gasteiger partial charge in [-0.25, -0.2) is 12.7 Å². The van der Waals surface area contributed by atoms with E-state index in [1.165, 1.54) is 39.4 Å². The summed E-state index contributed by atoms with van der Waals surface area (Å²) in [6.07, 6.45) is 0.788. The standard InChI is InChI=1S/C16H25N3O5S/c1-6-9-17-15(20)11(2)18-16(21)12-7-8-13(24-5)14(10-12)25(22,23)19(3)4/h7-8,10-11H,6,9H2,1-5H3,(H,17,20)(H,18,21)/t11-/m1/s1.